The molecule has 10 heavy (non-hydrogen) atoms. The highest BCUT2D eigenvalue weighted by Crippen LogP contribution is 1.60. The molecule has 0 spiro atoms. The fourth-order valence-corrected chi connectivity index (χ4v) is 0.678. The van der Waals surface area contributed by atoms with Crippen LogP contribution in [0.4, 0.5) is 0 Å². The summed E-state index contributed by atoms with van der Waals surface area (Å²) in [5.74, 6) is 0. The predicted octanol–water partition coefficient (Wildman–Crippen LogP) is -1.21. The Labute approximate surface area is 62.9 Å². The summed E-state index contributed by atoms with van der Waals surface area (Å²) in [5, 5.41) is 0. The number of hydrogen-bond donors (Lipinski definition) is 1. The zero-order valence-electron chi connectivity index (χ0n) is 7.14. The molecule has 0 unspecified atom stereocenters. The molecule has 0 amide bonds. The lowest BCUT2D eigenvalue weighted by molar-refractivity contribution is -0.880. The first-order chi connectivity index (χ1) is 4.81. The molecule has 62 valence electrons. The Kier molecular flexibility index (Phi) is 6.91. The Hall–Kier alpha value is -0.120. The van der Waals surface area contributed by atoms with Gasteiger partial charge in [-0.2, -0.15) is 0 Å². The van der Waals surface area contributed by atoms with Crippen LogP contribution in [-0.2, 0) is 9.47 Å². The summed E-state index contributed by atoms with van der Waals surface area (Å²) in [4.78, 5) is 1.45. The lowest BCUT2D eigenvalue weighted by Crippen LogP contribution is -3.10. The van der Waals surface area contributed by atoms with Crippen molar-refractivity contribution < 1.29 is 14.4 Å². The largest absolute Gasteiger partial charge is 0.379 e. The number of rotatable bonds is 6. The topological polar surface area (TPSA) is 22.9 Å². The lowest BCUT2D eigenvalue weighted by Gasteiger charge is -2.11. The van der Waals surface area contributed by atoms with Crippen LogP contribution < -0.4 is 4.90 Å². The van der Waals surface area contributed by atoms with Gasteiger partial charge in [-0.15, -0.1) is 0 Å². The van der Waals surface area contributed by atoms with E-state index in [-0.39, 0.29) is 0 Å². The molecule has 0 aromatic heterocycles. The predicted molar refractivity (Wildman–Crippen MR) is 40.4 cm³/mol. The Morgan fingerprint density at radius 3 is 1.70 bits per heavy atom. The van der Waals surface area contributed by atoms with E-state index in [1.807, 2.05) is 0 Å². The summed E-state index contributed by atoms with van der Waals surface area (Å²) in [7, 11) is 5.59. The van der Waals surface area contributed by atoms with Gasteiger partial charge >= 0.3 is 0 Å². The van der Waals surface area contributed by atoms with Crippen molar-refractivity contribution in [1.82, 2.24) is 0 Å². The maximum atomic E-state index is 4.93. The maximum Gasteiger partial charge on any atom is 0.101 e. The second-order valence-electron chi connectivity index (χ2n) is 2.44. The van der Waals surface area contributed by atoms with Crippen LogP contribution >= 0.6 is 0 Å². The minimum Gasteiger partial charge on any atom is -0.379 e. The average Bonchev–Trinajstić information content (AvgIpc) is 1.97. The van der Waals surface area contributed by atoms with Crippen LogP contribution in [0.5, 0.6) is 0 Å². The van der Waals surface area contributed by atoms with Gasteiger partial charge in [-0.3, -0.25) is 0 Å². The van der Waals surface area contributed by atoms with E-state index in [0.29, 0.717) is 0 Å². The Balaban J connectivity index is 3.00. The molecule has 3 nitrogen and oxygen atoms in total. The molecule has 0 aliphatic rings. The van der Waals surface area contributed by atoms with Crippen molar-refractivity contribution in [3.8, 4) is 0 Å². The molecule has 0 fully saturated rings. The van der Waals surface area contributed by atoms with E-state index in [2.05, 4.69) is 7.05 Å². The molecule has 0 saturated carbocycles. The van der Waals surface area contributed by atoms with E-state index in [1.54, 1.807) is 14.2 Å². The highest BCUT2D eigenvalue weighted by molar-refractivity contribution is 4.24. The van der Waals surface area contributed by atoms with Gasteiger partial charge in [0.25, 0.3) is 0 Å². The normalized spacial score (nSPS) is 10.8. The number of nitrogens with one attached hydrogen (secondary N) is 1. The summed E-state index contributed by atoms with van der Waals surface area (Å²) >= 11 is 0. The van der Waals surface area contributed by atoms with Gasteiger partial charge in [0.1, 0.15) is 13.1 Å². The summed E-state index contributed by atoms with van der Waals surface area (Å²) in [6, 6.07) is 0. The van der Waals surface area contributed by atoms with Gasteiger partial charge in [-0.1, -0.05) is 0 Å². The van der Waals surface area contributed by atoms with Gasteiger partial charge < -0.3 is 14.4 Å². The van der Waals surface area contributed by atoms with E-state index >= 15 is 0 Å². The maximum absolute atomic E-state index is 4.93. The van der Waals surface area contributed by atoms with Crippen molar-refractivity contribution >= 4 is 0 Å². The van der Waals surface area contributed by atoms with Crippen molar-refractivity contribution in [1.29, 1.82) is 0 Å². The van der Waals surface area contributed by atoms with Crippen molar-refractivity contribution in [3.63, 3.8) is 0 Å². The molecule has 0 saturated heterocycles. The van der Waals surface area contributed by atoms with Crippen LogP contribution in [0.25, 0.3) is 0 Å². The number of hydrogen-bond acceptors (Lipinski definition) is 2. The van der Waals surface area contributed by atoms with Crippen molar-refractivity contribution in [3.05, 3.63) is 0 Å². The van der Waals surface area contributed by atoms with Crippen LogP contribution in [0.1, 0.15) is 0 Å². The molecule has 0 radical (unpaired) electrons. The first kappa shape index (κ1) is 9.88. The first-order valence-corrected chi connectivity index (χ1v) is 3.60. The van der Waals surface area contributed by atoms with E-state index in [9.17, 15) is 0 Å². The zero-order chi connectivity index (χ0) is 7.82. The molecule has 0 rings (SSSR count). The molecular weight excluding hydrogens is 130 g/mol. The van der Waals surface area contributed by atoms with Gasteiger partial charge in [0.05, 0.1) is 20.3 Å². The minimum absolute atomic E-state index is 0.829. The van der Waals surface area contributed by atoms with Crippen molar-refractivity contribution in [2.75, 3.05) is 47.6 Å². The summed E-state index contributed by atoms with van der Waals surface area (Å²) in [6.07, 6.45) is 0. The van der Waals surface area contributed by atoms with Gasteiger partial charge in [-0.05, 0) is 0 Å². The first-order valence-electron chi connectivity index (χ1n) is 3.60. The third-order valence-electron chi connectivity index (χ3n) is 1.47. The minimum atomic E-state index is 0.829. The molecule has 0 aliphatic heterocycles. The number of quaternary nitrogens is 1. The standard InChI is InChI=1S/C7H17NO2/c1-8(4-6-9-2)5-7-10-3/h4-7H2,1-3H3/p+1. The van der Waals surface area contributed by atoms with Gasteiger partial charge in [0, 0.05) is 14.2 Å². The highest BCUT2D eigenvalue weighted by Gasteiger charge is 1.98. The van der Waals surface area contributed by atoms with Crippen molar-refractivity contribution in [2.24, 2.45) is 0 Å². The van der Waals surface area contributed by atoms with Crippen LogP contribution in [0.2, 0.25) is 0 Å². The van der Waals surface area contributed by atoms with Gasteiger partial charge in [0.2, 0.25) is 0 Å². The molecule has 1 N–H and O–H groups in total. The summed E-state index contributed by atoms with van der Waals surface area (Å²) in [6.45, 7) is 3.77. The molecule has 0 atom stereocenters. The number of ether oxygens (including phenoxy) is 2. The van der Waals surface area contributed by atoms with Gasteiger partial charge in [-0.25, -0.2) is 0 Å². The molecule has 0 aliphatic carbocycles. The average molecular weight is 148 g/mol. The van der Waals surface area contributed by atoms with E-state index in [1.165, 1.54) is 4.90 Å². The summed E-state index contributed by atoms with van der Waals surface area (Å²) in [5.41, 5.74) is 0. The second-order valence-corrected chi connectivity index (χ2v) is 2.44. The van der Waals surface area contributed by atoms with Crippen LogP contribution in [0.3, 0.4) is 0 Å². The van der Waals surface area contributed by atoms with E-state index < -0.39 is 0 Å². The van der Waals surface area contributed by atoms with E-state index in [0.717, 1.165) is 26.3 Å². The molecule has 3 heteroatoms. The fourth-order valence-electron chi connectivity index (χ4n) is 0.678. The van der Waals surface area contributed by atoms with Crippen LogP contribution in [0, 0.1) is 0 Å². The second kappa shape index (κ2) is 6.99. The quantitative estimate of drug-likeness (QED) is 0.511. The molecule has 0 aromatic rings. The monoisotopic (exact) mass is 148 g/mol. The number of likely N-dealkylation sites (N-methyl/N-ethyl adjacent to an activating group) is 1. The molecule has 0 bridgehead atoms. The SMILES string of the molecule is COCC[NH+](C)CCOC. The molecule has 0 heterocycles. The Morgan fingerprint density at radius 2 is 1.40 bits per heavy atom. The third-order valence-corrected chi connectivity index (χ3v) is 1.47. The molecule has 0 aromatic carbocycles. The van der Waals surface area contributed by atoms with Crippen LogP contribution in [-0.4, -0.2) is 47.6 Å². The van der Waals surface area contributed by atoms with E-state index in [4.69, 9.17) is 9.47 Å². The lowest BCUT2D eigenvalue weighted by atomic mass is 10.5. The van der Waals surface area contributed by atoms with Crippen molar-refractivity contribution in [2.45, 2.75) is 0 Å². The fraction of sp³-hybridized carbons (Fsp3) is 1.00. The molecular formula is C7H18NO2+. The number of methoxy groups -OCH3 is 2. The highest BCUT2D eigenvalue weighted by atomic mass is 16.5. The Morgan fingerprint density at radius 1 is 1.00 bits per heavy atom. The van der Waals surface area contributed by atoms with Gasteiger partial charge in [0.15, 0.2) is 0 Å². The smallest absolute Gasteiger partial charge is 0.101 e. The Bertz CT molecular complexity index is 60.6. The third kappa shape index (κ3) is 6.01. The summed E-state index contributed by atoms with van der Waals surface area (Å²) < 4.78 is 9.86. The van der Waals surface area contributed by atoms with Crippen LogP contribution in [0.15, 0.2) is 0 Å². The zero-order valence-corrected chi connectivity index (χ0v) is 7.14.